The van der Waals surface area contributed by atoms with Gasteiger partial charge in [-0.05, 0) is 18.0 Å². The van der Waals surface area contributed by atoms with Crippen LogP contribution in [0.5, 0.6) is 0 Å². The molecule has 4 nitrogen and oxygen atoms in total. The van der Waals surface area contributed by atoms with Gasteiger partial charge in [0, 0.05) is 0 Å². The molecule has 0 bridgehead atoms. The van der Waals surface area contributed by atoms with Gasteiger partial charge in [-0.3, -0.25) is 10.1 Å². The van der Waals surface area contributed by atoms with Gasteiger partial charge in [0.25, 0.3) is 11.5 Å². The summed E-state index contributed by atoms with van der Waals surface area (Å²) in [6, 6.07) is 0. The maximum Gasteiger partial charge on any atom is 0.276 e. The Bertz CT molecular complexity index is 304. The van der Waals surface area contributed by atoms with Crippen molar-refractivity contribution in [3.8, 4) is 0 Å². The van der Waals surface area contributed by atoms with Crippen LogP contribution in [0.4, 0.5) is 10.3 Å². The second-order valence-electron chi connectivity index (χ2n) is 2.16. The molecule has 1 atom stereocenters. The van der Waals surface area contributed by atoms with E-state index in [1.165, 1.54) is 0 Å². The van der Waals surface area contributed by atoms with Crippen molar-refractivity contribution >= 4 is 35.0 Å². The zero-order valence-corrected chi connectivity index (χ0v) is 8.32. The quantitative estimate of drug-likeness (QED) is 0.792. The number of halogens is 2. The van der Waals surface area contributed by atoms with Crippen LogP contribution < -0.4 is 5.32 Å². The van der Waals surface area contributed by atoms with Gasteiger partial charge >= 0.3 is 0 Å². The van der Waals surface area contributed by atoms with E-state index in [4.69, 9.17) is 11.6 Å². The first-order chi connectivity index (χ1) is 6.13. The van der Waals surface area contributed by atoms with Crippen molar-refractivity contribution in [2.24, 2.45) is 0 Å². The standard InChI is InChI=1S/C6H7ClFN3OS/c1-2-3-9-6(11-13-3)10-5(12)4(7)8/h4H,2H2,1H3,(H,10,11,12). The number of hydrogen-bond donors (Lipinski definition) is 1. The topological polar surface area (TPSA) is 54.9 Å². The van der Waals surface area contributed by atoms with Crippen LogP contribution in [0.1, 0.15) is 11.9 Å². The molecular formula is C6H7ClFN3OS. The normalized spacial score (nSPS) is 12.5. The van der Waals surface area contributed by atoms with Gasteiger partial charge in [-0.2, -0.15) is 4.37 Å². The summed E-state index contributed by atoms with van der Waals surface area (Å²) in [7, 11) is 0. The molecule has 0 aromatic carbocycles. The van der Waals surface area contributed by atoms with Gasteiger partial charge in [-0.15, -0.1) is 0 Å². The summed E-state index contributed by atoms with van der Waals surface area (Å²) in [5.74, 6) is -0.836. The third-order valence-electron chi connectivity index (χ3n) is 1.20. The highest BCUT2D eigenvalue weighted by molar-refractivity contribution is 7.05. The second-order valence-corrected chi connectivity index (χ2v) is 3.37. The Kier molecular flexibility index (Phi) is 3.56. The number of alkyl halides is 2. The molecule has 1 aromatic heterocycles. The van der Waals surface area contributed by atoms with Crippen molar-refractivity contribution in [1.82, 2.24) is 9.36 Å². The van der Waals surface area contributed by atoms with E-state index in [2.05, 4.69) is 14.7 Å². The molecular weight excluding hydrogens is 217 g/mol. The number of nitrogens with zero attached hydrogens (tertiary/aromatic N) is 2. The van der Waals surface area contributed by atoms with Gasteiger partial charge in [-0.25, -0.2) is 9.37 Å². The number of nitrogens with one attached hydrogen (secondary N) is 1. The number of amides is 1. The molecule has 0 saturated carbocycles. The van der Waals surface area contributed by atoms with Crippen molar-refractivity contribution in [2.45, 2.75) is 19.0 Å². The fourth-order valence-electron chi connectivity index (χ4n) is 0.614. The molecule has 13 heavy (non-hydrogen) atoms. The molecule has 0 radical (unpaired) electrons. The van der Waals surface area contributed by atoms with Crippen LogP contribution in [0.3, 0.4) is 0 Å². The van der Waals surface area contributed by atoms with Crippen LogP contribution in [0.2, 0.25) is 0 Å². The third-order valence-corrected chi connectivity index (χ3v) is 2.26. The molecule has 7 heteroatoms. The summed E-state index contributed by atoms with van der Waals surface area (Å²) < 4.78 is 16.0. The van der Waals surface area contributed by atoms with Crippen LogP contribution in [0.15, 0.2) is 0 Å². The Hall–Kier alpha value is -0.750. The van der Waals surface area contributed by atoms with E-state index < -0.39 is 11.5 Å². The molecule has 0 spiro atoms. The van der Waals surface area contributed by atoms with Crippen molar-refractivity contribution in [3.05, 3.63) is 5.01 Å². The van der Waals surface area contributed by atoms with Gasteiger partial charge in [0.05, 0.1) is 0 Å². The van der Waals surface area contributed by atoms with Gasteiger partial charge in [0.2, 0.25) is 5.95 Å². The Morgan fingerprint density at radius 3 is 3.00 bits per heavy atom. The van der Waals surface area contributed by atoms with E-state index >= 15 is 0 Å². The number of rotatable bonds is 3. The molecule has 1 rings (SSSR count). The number of aromatic nitrogens is 2. The van der Waals surface area contributed by atoms with Crippen LogP contribution in [0.25, 0.3) is 0 Å². The lowest BCUT2D eigenvalue weighted by molar-refractivity contribution is -0.118. The van der Waals surface area contributed by atoms with E-state index in [-0.39, 0.29) is 5.95 Å². The number of carbonyl (C=O) groups excluding carboxylic acids is 1. The van der Waals surface area contributed by atoms with E-state index in [0.717, 1.165) is 23.0 Å². The minimum absolute atomic E-state index is 0.107. The highest BCUT2D eigenvalue weighted by Gasteiger charge is 2.15. The molecule has 0 aliphatic carbocycles. The van der Waals surface area contributed by atoms with E-state index in [1.807, 2.05) is 6.92 Å². The SMILES string of the molecule is CCc1nc(NC(=O)C(F)Cl)ns1. The maximum atomic E-state index is 12.2. The smallest absolute Gasteiger partial charge is 0.276 e. The average molecular weight is 224 g/mol. The lowest BCUT2D eigenvalue weighted by Gasteiger charge is -1.97. The van der Waals surface area contributed by atoms with Crippen molar-refractivity contribution in [1.29, 1.82) is 0 Å². The Labute approximate surface area is 83.3 Å². The van der Waals surface area contributed by atoms with Crippen LogP contribution in [-0.2, 0) is 11.2 Å². The second kappa shape index (κ2) is 4.48. The van der Waals surface area contributed by atoms with Crippen LogP contribution in [-0.4, -0.2) is 20.9 Å². The highest BCUT2D eigenvalue weighted by atomic mass is 35.5. The summed E-state index contributed by atoms with van der Waals surface area (Å²) in [5.41, 5.74) is -2.06. The fourth-order valence-corrected chi connectivity index (χ4v) is 1.20. The van der Waals surface area contributed by atoms with Crippen molar-refractivity contribution in [3.63, 3.8) is 0 Å². The van der Waals surface area contributed by atoms with E-state index in [1.54, 1.807) is 0 Å². The minimum Gasteiger partial charge on any atom is -0.290 e. The van der Waals surface area contributed by atoms with E-state index in [9.17, 15) is 9.18 Å². The van der Waals surface area contributed by atoms with Gasteiger partial charge in [-0.1, -0.05) is 18.5 Å². The molecule has 1 aromatic rings. The van der Waals surface area contributed by atoms with Gasteiger partial charge in [0.1, 0.15) is 5.01 Å². The summed E-state index contributed by atoms with van der Waals surface area (Å²) in [5, 5.41) is 2.92. The lowest BCUT2D eigenvalue weighted by atomic mass is 10.5. The Morgan fingerprint density at radius 2 is 2.54 bits per heavy atom. The Balaban J connectivity index is 2.59. The van der Waals surface area contributed by atoms with Crippen LogP contribution >= 0.6 is 23.1 Å². The van der Waals surface area contributed by atoms with Gasteiger partial charge < -0.3 is 0 Å². The third kappa shape index (κ3) is 2.89. The molecule has 1 heterocycles. The maximum absolute atomic E-state index is 12.2. The first-order valence-electron chi connectivity index (χ1n) is 3.55. The molecule has 1 amide bonds. The monoisotopic (exact) mass is 223 g/mol. The zero-order valence-electron chi connectivity index (χ0n) is 6.75. The number of hydrogen-bond acceptors (Lipinski definition) is 4. The molecule has 0 aliphatic rings. The van der Waals surface area contributed by atoms with Gasteiger partial charge in [0.15, 0.2) is 0 Å². The molecule has 72 valence electrons. The molecule has 1 N–H and O–H groups in total. The lowest BCUT2D eigenvalue weighted by Crippen LogP contribution is -2.20. The summed E-state index contributed by atoms with van der Waals surface area (Å²) in [6.45, 7) is 1.91. The van der Waals surface area contributed by atoms with Crippen molar-refractivity contribution in [2.75, 3.05) is 5.32 Å². The van der Waals surface area contributed by atoms with Crippen LogP contribution in [0, 0.1) is 0 Å². The molecule has 1 unspecified atom stereocenters. The highest BCUT2D eigenvalue weighted by Crippen LogP contribution is 2.10. The predicted octanol–water partition coefficient (Wildman–Crippen LogP) is 1.57. The zero-order chi connectivity index (χ0) is 9.84. The molecule has 0 saturated heterocycles. The molecule has 0 fully saturated rings. The largest absolute Gasteiger partial charge is 0.290 e. The Morgan fingerprint density at radius 1 is 1.85 bits per heavy atom. The summed E-state index contributed by atoms with van der Waals surface area (Å²) >= 11 is 6.05. The summed E-state index contributed by atoms with van der Waals surface area (Å²) in [4.78, 5) is 14.6. The average Bonchev–Trinajstić information content (AvgIpc) is 2.52. The first kappa shape index (κ1) is 10.3. The predicted molar refractivity (Wildman–Crippen MR) is 48.7 cm³/mol. The number of aryl methyl sites for hydroxylation is 1. The number of anilines is 1. The fraction of sp³-hybridized carbons (Fsp3) is 0.500. The molecule has 0 aliphatic heterocycles. The summed E-state index contributed by atoms with van der Waals surface area (Å²) in [6.07, 6.45) is 0.730. The first-order valence-corrected chi connectivity index (χ1v) is 4.76. The number of carbonyl (C=O) groups is 1. The van der Waals surface area contributed by atoms with Crippen molar-refractivity contribution < 1.29 is 9.18 Å². The minimum atomic E-state index is -2.06. The van der Waals surface area contributed by atoms with E-state index in [0.29, 0.717) is 0 Å².